The van der Waals surface area contributed by atoms with E-state index in [1.807, 2.05) is 4.90 Å². The Morgan fingerprint density at radius 3 is 2.24 bits per heavy atom. The van der Waals surface area contributed by atoms with Gasteiger partial charge < -0.3 is 10.1 Å². The summed E-state index contributed by atoms with van der Waals surface area (Å²) in [7, 11) is 0. The van der Waals surface area contributed by atoms with E-state index in [9.17, 15) is 22.0 Å². The molecule has 10 heteroatoms. The molecule has 0 unspecified atom stereocenters. The van der Waals surface area contributed by atoms with Gasteiger partial charge in [-0.1, -0.05) is 18.2 Å². The average molecular weight is 411 g/mol. The maximum atomic E-state index is 12.6. The molecule has 1 aliphatic rings. The normalized spacial score (nSPS) is 16.7. The second kappa shape index (κ2) is 11.0. The van der Waals surface area contributed by atoms with Gasteiger partial charge in [-0.25, -0.2) is 0 Å². The number of hydrogen-bond donors (Lipinski definition) is 1. The predicted molar refractivity (Wildman–Crippen MR) is 90.0 cm³/mol. The third kappa shape index (κ3) is 7.94. The number of rotatable bonds is 6. The molecule has 1 saturated heterocycles. The Bertz CT molecular complexity index is 499. The van der Waals surface area contributed by atoms with Gasteiger partial charge in [0.15, 0.2) is 0 Å². The Labute approximate surface area is 155 Å². The Balaban J connectivity index is 0.00000288. The van der Waals surface area contributed by atoms with Crippen LogP contribution in [0.4, 0.5) is 22.0 Å². The van der Waals surface area contributed by atoms with Crippen molar-refractivity contribution in [2.24, 2.45) is 0 Å². The van der Waals surface area contributed by atoms with E-state index in [4.69, 9.17) is 0 Å². The minimum Gasteiger partial charge on any atom is -0.434 e. The van der Waals surface area contributed by atoms with Crippen molar-refractivity contribution in [3.8, 4) is 5.75 Å². The summed E-state index contributed by atoms with van der Waals surface area (Å²) in [5, 5.41) is 3.13. The van der Waals surface area contributed by atoms with Crippen molar-refractivity contribution in [2.75, 3.05) is 26.2 Å². The minimum atomic E-state index is -4.29. The molecule has 0 radical (unpaired) electrons. The Morgan fingerprint density at radius 2 is 1.68 bits per heavy atom. The molecule has 1 aliphatic heterocycles. The number of piperazine rings is 1. The first-order valence-electron chi connectivity index (χ1n) is 7.42. The molecule has 1 aromatic carbocycles. The van der Waals surface area contributed by atoms with E-state index in [-0.39, 0.29) is 37.0 Å². The lowest BCUT2D eigenvalue weighted by molar-refractivity contribution is -0.138. The molecule has 0 aliphatic carbocycles. The van der Waals surface area contributed by atoms with Crippen LogP contribution in [0.15, 0.2) is 24.3 Å². The first kappa shape index (κ1) is 24.2. The molecule has 0 aromatic heterocycles. The van der Waals surface area contributed by atoms with Crippen molar-refractivity contribution < 1.29 is 26.7 Å². The summed E-state index contributed by atoms with van der Waals surface area (Å²) in [5.74, 6) is -0.0618. The third-order valence-electron chi connectivity index (χ3n) is 3.79. The first-order valence-corrected chi connectivity index (χ1v) is 7.42. The lowest BCUT2D eigenvalue weighted by atomic mass is 9.98. The van der Waals surface area contributed by atoms with Gasteiger partial charge >= 0.3 is 12.8 Å². The van der Waals surface area contributed by atoms with Gasteiger partial charge in [-0.15, -0.1) is 24.8 Å². The summed E-state index contributed by atoms with van der Waals surface area (Å²) in [6.45, 7) is -0.583. The van der Waals surface area contributed by atoms with Crippen LogP contribution in [-0.4, -0.2) is 43.9 Å². The number of nitrogens with one attached hydrogen (secondary N) is 1. The number of benzene rings is 1. The van der Waals surface area contributed by atoms with E-state index in [1.54, 1.807) is 12.1 Å². The Hall–Kier alpha value is -0.830. The van der Waals surface area contributed by atoms with Crippen molar-refractivity contribution in [1.29, 1.82) is 0 Å². The van der Waals surface area contributed by atoms with Crippen LogP contribution in [-0.2, 0) is 0 Å². The first-order chi connectivity index (χ1) is 10.9. The maximum Gasteiger partial charge on any atom is 0.389 e. The molecule has 1 heterocycles. The Kier molecular flexibility index (Phi) is 10.6. The summed E-state index contributed by atoms with van der Waals surface area (Å²) in [6, 6.07) is 5.47. The number of hydrogen-bond acceptors (Lipinski definition) is 3. The fraction of sp³-hybridized carbons (Fsp3) is 0.600. The molecule has 0 bridgehead atoms. The van der Waals surface area contributed by atoms with E-state index in [2.05, 4.69) is 10.1 Å². The zero-order chi connectivity index (χ0) is 16.9. The van der Waals surface area contributed by atoms with Gasteiger partial charge in [0.25, 0.3) is 0 Å². The van der Waals surface area contributed by atoms with Gasteiger partial charge in [0, 0.05) is 44.2 Å². The average Bonchev–Trinajstić information content (AvgIpc) is 2.48. The van der Waals surface area contributed by atoms with Crippen LogP contribution in [0.3, 0.4) is 0 Å². The van der Waals surface area contributed by atoms with Crippen LogP contribution < -0.4 is 10.1 Å². The largest absolute Gasteiger partial charge is 0.434 e. The monoisotopic (exact) mass is 410 g/mol. The van der Waals surface area contributed by atoms with Crippen LogP contribution in [0, 0.1) is 0 Å². The number of nitrogens with zero attached hydrogens (tertiary/aromatic N) is 1. The third-order valence-corrected chi connectivity index (χ3v) is 3.79. The van der Waals surface area contributed by atoms with Crippen molar-refractivity contribution in [3.05, 3.63) is 29.8 Å². The fourth-order valence-electron chi connectivity index (χ4n) is 2.79. The standard InChI is InChI=1S/C15H19F5N2O.2ClH/c16-14(17)23-13-4-2-1-3-11(13)12(5-6-15(18,19)20)22-9-7-21-8-10-22;;/h1-4,12,14,21H,5-10H2;2*1H/t12-;;/m1../s1. The van der Waals surface area contributed by atoms with Crippen LogP contribution in [0.25, 0.3) is 0 Å². The zero-order valence-corrected chi connectivity index (χ0v) is 14.9. The number of halogens is 7. The highest BCUT2D eigenvalue weighted by Crippen LogP contribution is 2.36. The molecule has 146 valence electrons. The second-order valence-corrected chi connectivity index (χ2v) is 5.37. The molecule has 2 rings (SSSR count). The number of para-hydroxylation sites is 1. The van der Waals surface area contributed by atoms with E-state index >= 15 is 0 Å². The van der Waals surface area contributed by atoms with E-state index in [1.165, 1.54) is 12.1 Å². The molecule has 1 aromatic rings. The van der Waals surface area contributed by atoms with Crippen molar-refractivity contribution in [1.82, 2.24) is 10.2 Å². The van der Waals surface area contributed by atoms with Gasteiger partial charge in [-0.2, -0.15) is 22.0 Å². The van der Waals surface area contributed by atoms with Gasteiger partial charge in [0.05, 0.1) is 0 Å². The highest BCUT2D eigenvalue weighted by molar-refractivity contribution is 5.85. The van der Waals surface area contributed by atoms with Gasteiger partial charge in [0.2, 0.25) is 0 Å². The SMILES string of the molecule is Cl.Cl.FC(F)Oc1ccccc1[C@@H](CCC(F)(F)F)N1CCNCC1. The van der Waals surface area contributed by atoms with Crippen molar-refractivity contribution in [3.63, 3.8) is 0 Å². The molecule has 1 atom stereocenters. The smallest absolute Gasteiger partial charge is 0.389 e. The zero-order valence-electron chi connectivity index (χ0n) is 13.3. The van der Waals surface area contributed by atoms with E-state index in [0.717, 1.165) is 0 Å². The second-order valence-electron chi connectivity index (χ2n) is 5.37. The molecule has 1 fully saturated rings. The summed E-state index contributed by atoms with van der Waals surface area (Å²) < 4.78 is 67.5. The topological polar surface area (TPSA) is 24.5 Å². The quantitative estimate of drug-likeness (QED) is 0.702. The molecule has 3 nitrogen and oxygen atoms in total. The van der Waals surface area contributed by atoms with E-state index < -0.39 is 25.3 Å². The Morgan fingerprint density at radius 1 is 1.08 bits per heavy atom. The molecule has 0 saturated carbocycles. The molecule has 1 N–H and O–H groups in total. The lowest BCUT2D eigenvalue weighted by Gasteiger charge is -2.36. The molecular weight excluding hydrogens is 390 g/mol. The summed E-state index contributed by atoms with van der Waals surface area (Å²) in [6.07, 6.45) is -5.44. The highest BCUT2D eigenvalue weighted by atomic mass is 35.5. The maximum absolute atomic E-state index is 12.6. The van der Waals surface area contributed by atoms with Crippen LogP contribution in [0.2, 0.25) is 0 Å². The number of alkyl halides is 5. The minimum absolute atomic E-state index is 0. The summed E-state index contributed by atoms with van der Waals surface area (Å²) in [4.78, 5) is 1.88. The predicted octanol–water partition coefficient (Wildman–Crippen LogP) is 4.42. The van der Waals surface area contributed by atoms with Crippen LogP contribution in [0.1, 0.15) is 24.4 Å². The highest BCUT2D eigenvalue weighted by Gasteiger charge is 2.32. The fourth-order valence-corrected chi connectivity index (χ4v) is 2.79. The summed E-state index contributed by atoms with van der Waals surface area (Å²) >= 11 is 0. The summed E-state index contributed by atoms with van der Waals surface area (Å²) in [5.41, 5.74) is 0.374. The van der Waals surface area contributed by atoms with Gasteiger partial charge in [-0.05, 0) is 12.5 Å². The molecule has 0 spiro atoms. The van der Waals surface area contributed by atoms with Crippen LogP contribution >= 0.6 is 24.8 Å². The van der Waals surface area contributed by atoms with Crippen molar-refractivity contribution in [2.45, 2.75) is 31.7 Å². The van der Waals surface area contributed by atoms with Crippen molar-refractivity contribution >= 4 is 24.8 Å². The van der Waals surface area contributed by atoms with E-state index in [0.29, 0.717) is 31.7 Å². The van der Waals surface area contributed by atoms with Gasteiger partial charge in [0.1, 0.15) is 5.75 Å². The number of ether oxygens (including phenoxy) is 1. The van der Waals surface area contributed by atoms with Gasteiger partial charge in [-0.3, -0.25) is 4.90 Å². The molecule has 25 heavy (non-hydrogen) atoms. The molecular formula is C15H21Cl2F5N2O. The van der Waals surface area contributed by atoms with Crippen LogP contribution in [0.5, 0.6) is 5.75 Å². The molecule has 0 amide bonds. The lowest BCUT2D eigenvalue weighted by Crippen LogP contribution is -2.45.